The normalized spacial score (nSPS) is 10.1. The quantitative estimate of drug-likeness (QED) is 0.545. The van der Waals surface area contributed by atoms with Gasteiger partial charge in [-0.15, -0.1) is 0 Å². The van der Waals surface area contributed by atoms with Crippen molar-refractivity contribution in [1.82, 2.24) is 4.98 Å². The summed E-state index contributed by atoms with van der Waals surface area (Å²) in [6.07, 6.45) is 8.81. The summed E-state index contributed by atoms with van der Waals surface area (Å²) < 4.78 is 7.13. The second-order valence-electron chi connectivity index (χ2n) is 3.51. The van der Waals surface area contributed by atoms with Gasteiger partial charge in [0.1, 0.15) is 12.4 Å². The van der Waals surface area contributed by atoms with Crippen molar-refractivity contribution in [3.8, 4) is 6.07 Å². The van der Waals surface area contributed by atoms with E-state index in [1.807, 2.05) is 12.4 Å². The molecule has 1 aromatic rings. The first-order chi connectivity index (χ1) is 7.38. The Balaban J connectivity index is 2.25. The van der Waals surface area contributed by atoms with E-state index in [0.717, 1.165) is 25.7 Å². The summed E-state index contributed by atoms with van der Waals surface area (Å²) in [6.45, 7) is 0.594. The zero-order valence-corrected chi connectivity index (χ0v) is 9.20. The van der Waals surface area contributed by atoms with Crippen LogP contribution in [0.25, 0.3) is 0 Å². The zero-order valence-electron chi connectivity index (χ0n) is 9.20. The number of ether oxygens (including phenoxy) is 1. The minimum absolute atomic E-state index is 0.594. The molecule has 0 radical (unpaired) electrons. The van der Waals surface area contributed by atoms with E-state index in [-0.39, 0.29) is 0 Å². The SMILES string of the molecule is COC[n+]1cc[nH]c1CCCCCC#N. The van der Waals surface area contributed by atoms with Gasteiger partial charge in [0, 0.05) is 20.0 Å². The second kappa shape index (κ2) is 7.02. The van der Waals surface area contributed by atoms with Crippen LogP contribution in [0, 0.1) is 11.3 Å². The Morgan fingerprint density at radius 2 is 2.33 bits per heavy atom. The number of methoxy groups -OCH3 is 1. The number of aromatic nitrogens is 2. The van der Waals surface area contributed by atoms with Gasteiger partial charge in [-0.3, -0.25) is 0 Å². The van der Waals surface area contributed by atoms with Crippen molar-refractivity contribution in [2.24, 2.45) is 0 Å². The third kappa shape index (κ3) is 4.13. The first-order valence-electron chi connectivity index (χ1n) is 5.30. The molecule has 0 aromatic carbocycles. The number of aromatic amines is 1. The molecule has 0 aliphatic rings. The van der Waals surface area contributed by atoms with Crippen LogP contribution in [0.1, 0.15) is 31.5 Å². The van der Waals surface area contributed by atoms with Gasteiger partial charge in [-0.05, 0) is 12.8 Å². The van der Waals surface area contributed by atoms with Gasteiger partial charge in [-0.2, -0.15) is 5.26 Å². The predicted molar refractivity (Wildman–Crippen MR) is 55.8 cm³/mol. The van der Waals surface area contributed by atoms with Crippen LogP contribution < -0.4 is 4.57 Å². The number of nitrogens with one attached hydrogen (secondary N) is 1. The van der Waals surface area contributed by atoms with Gasteiger partial charge in [-0.1, -0.05) is 6.42 Å². The van der Waals surface area contributed by atoms with E-state index in [4.69, 9.17) is 10.00 Å². The fourth-order valence-electron chi connectivity index (χ4n) is 1.55. The number of nitrogens with zero attached hydrogens (tertiary/aromatic N) is 2. The topological polar surface area (TPSA) is 52.7 Å². The molecule has 0 saturated carbocycles. The molecule has 4 nitrogen and oxygen atoms in total. The van der Waals surface area contributed by atoms with Crippen molar-refractivity contribution >= 4 is 0 Å². The van der Waals surface area contributed by atoms with E-state index in [1.165, 1.54) is 5.82 Å². The van der Waals surface area contributed by atoms with Gasteiger partial charge < -0.3 is 4.74 Å². The average molecular weight is 208 g/mol. The molecule has 82 valence electrons. The molecule has 1 aromatic heterocycles. The minimum atomic E-state index is 0.594. The van der Waals surface area contributed by atoms with Crippen molar-refractivity contribution in [3.63, 3.8) is 0 Å². The molecule has 15 heavy (non-hydrogen) atoms. The van der Waals surface area contributed by atoms with E-state index in [2.05, 4.69) is 15.6 Å². The summed E-state index contributed by atoms with van der Waals surface area (Å²) >= 11 is 0. The highest BCUT2D eigenvalue weighted by atomic mass is 16.5. The Hall–Kier alpha value is -1.34. The second-order valence-corrected chi connectivity index (χ2v) is 3.51. The first-order valence-corrected chi connectivity index (χ1v) is 5.30. The lowest BCUT2D eigenvalue weighted by atomic mass is 10.1. The number of unbranched alkanes of at least 4 members (excludes halogenated alkanes) is 3. The van der Waals surface area contributed by atoms with Crippen molar-refractivity contribution < 1.29 is 9.30 Å². The van der Waals surface area contributed by atoms with Crippen LogP contribution in [0.15, 0.2) is 12.4 Å². The van der Waals surface area contributed by atoms with Gasteiger partial charge in [0.2, 0.25) is 0 Å². The molecule has 0 bridgehead atoms. The lowest BCUT2D eigenvalue weighted by molar-refractivity contribution is -0.736. The Kier molecular flexibility index (Phi) is 5.49. The standard InChI is InChI=1S/C11H17N3O/c1-15-10-14-9-8-13-11(14)6-4-2-3-5-7-12/h8-9H,2-6,10H2,1H3/p+1. The van der Waals surface area contributed by atoms with Gasteiger partial charge in [0.05, 0.1) is 6.07 Å². The summed E-state index contributed by atoms with van der Waals surface area (Å²) in [4.78, 5) is 3.20. The molecular weight excluding hydrogens is 190 g/mol. The molecule has 1 rings (SSSR count). The molecule has 4 heteroatoms. The molecule has 1 heterocycles. The van der Waals surface area contributed by atoms with Crippen LogP contribution in [0.4, 0.5) is 0 Å². The Bertz CT molecular complexity index is 314. The van der Waals surface area contributed by atoms with E-state index in [1.54, 1.807) is 7.11 Å². The van der Waals surface area contributed by atoms with E-state index in [0.29, 0.717) is 13.2 Å². The largest absolute Gasteiger partial charge is 0.345 e. The summed E-state index contributed by atoms with van der Waals surface area (Å²) in [6, 6.07) is 2.16. The lowest BCUT2D eigenvalue weighted by Crippen LogP contribution is -2.36. The van der Waals surface area contributed by atoms with Gasteiger partial charge >= 0.3 is 0 Å². The van der Waals surface area contributed by atoms with Crippen LogP contribution >= 0.6 is 0 Å². The lowest BCUT2D eigenvalue weighted by Gasteiger charge is -1.99. The van der Waals surface area contributed by atoms with Gasteiger partial charge in [-0.25, -0.2) is 9.55 Å². The molecule has 0 aliphatic heterocycles. The molecule has 0 fully saturated rings. The molecule has 1 N–H and O–H groups in total. The Labute approximate surface area is 90.5 Å². The fourth-order valence-corrected chi connectivity index (χ4v) is 1.55. The molecule has 0 aliphatic carbocycles. The van der Waals surface area contributed by atoms with E-state index >= 15 is 0 Å². The van der Waals surface area contributed by atoms with Crippen molar-refractivity contribution in [2.75, 3.05) is 7.11 Å². The van der Waals surface area contributed by atoms with E-state index < -0.39 is 0 Å². The highest BCUT2D eigenvalue weighted by Gasteiger charge is 2.08. The van der Waals surface area contributed by atoms with Gasteiger partial charge in [0.25, 0.3) is 5.82 Å². The van der Waals surface area contributed by atoms with Crippen molar-refractivity contribution in [1.29, 1.82) is 5.26 Å². The van der Waals surface area contributed by atoms with Crippen LogP contribution in [0.3, 0.4) is 0 Å². The molecule has 0 spiro atoms. The average Bonchev–Trinajstić information content (AvgIpc) is 2.66. The third-order valence-electron chi connectivity index (χ3n) is 2.32. The summed E-state index contributed by atoms with van der Waals surface area (Å²) in [5.41, 5.74) is 0. The van der Waals surface area contributed by atoms with Crippen LogP contribution in [-0.2, 0) is 17.9 Å². The van der Waals surface area contributed by atoms with Crippen molar-refractivity contribution in [2.45, 2.75) is 38.8 Å². The maximum atomic E-state index is 8.39. The Morgan fingerprint density at radius 1 is 1.47 bits per heavy atom. The highest BCUT2D eigenvalue weighted by molar-refractivity contribution is 4.77. The summed E-state index contributed by atoms with van der Waals surface area (Å²) in [7, 11) is 1.69. The maximum absolute atomic E-state index is 8.39. The number of H-pyrrole nitrogens is 1. The minimum Gasteiger partial charge on any atom is -0.345 e. The summed E-state index contributed by atoms with van der Waals surface area (Å²) in [5.74, 6) is 1.19. The fraction of sp³-hybridized carbons (Fsp3) is 0.636. The summed E-state index contributed by atoms with van der Waals surface area (Å²) in [5, 5.41) is 8.39. The van der Waals surface area contributed by atoms with Crippen molar-refractivity contribution in [3.05, 3.63) is 18.2 Å². The van der Waals surface area contributed by atoms with Gasteiger partial charge in [0.15, 0.2) is 6.73 Å². The smallest absolute Gasteiger partial charge is 0.256 e. The monoisotopic (exact) mass is 208 g/mol. The molecule has 0 atom stereocenters. The van der Waals surface area contributed by atoms with E-state index in [9.17, 15) is 0 Å². The van der Waals surface area contributed by atoms with Crippen LogP contribution in [0.2, 0.25) is 0 Å². The number of aryl methyl sites for hydroxylation is 1. The highest BCUT2D eigenvalue weighted by Crippen LogP contribution is 2.02. The molecule has 0 saturated heterocycles. The number of hydrogen-bond acceptors (Lipinski definition) is 2. The molecule has 0 unspecified atom stereocenters. The van der Waals surface area contributed by atoms with Crippen LogP contribution in [-0.4, -0.2) is 12.1 Å². The number of nitriles is 1. The van der Waals surface area contributed by atoms with Crippen LogP contribution in [0.5, 0.6) is 0 Å². The maximum Gasteiger partial charge on any atom is 0.256 e. The number of hydrogen-bond donors (Lipinski definition) is 1. The first kappa shape index (κ1) is 11.7. The third-order valence-corrected chi connectivity index (χ3v) is 2.32. The predicted octanol–water partition coefficient (Wildman–Crippen LogP) is 1.53. The number of imidazole rings is 1. The zero-order chi connectivity index (χ0) is 10.9. The number of rotatable bonds is 7. The Morgan fingerprint density at radius 3 is 3.07 bits per heavy atom. The molecule has 0 amide bonds. The molecular formula is C11H18N3O+.